The van der Waals surface area contributed by atoms with Crippen molar-refractivity contribution in [3.05, 3.63) is 72.2 Å². The van der Waals surface area contributed by atoms with Gasteiger partial charge in [0.25, 0.3) is 5.91 Å². The number of carbonyl (C=O) groups is 1. The van der Waals surface area contributed by atoms with E-state index in [2.05, 4.69) is 37.2 Å². The van der Waals surface area contributed by atoms with Crippen LogP contribution in [0.2, 0.25) is 0 Å². The van der Waals surface area contributed by atoms with Crippen molar-refractivity contribution in [3.63, 3.8) is 0 Å². The molecular formula is C23H22N6O. The predicted molar refractivity (Wildman–Crippen MR) is 116 cm³/mol. The summed E-state index contributed by atoms with van der Waals surface area (Å²) in [4.78, 5) is 25.8. The highest BCUT2D eigenvalue weighted by Gasteiger charge is 2.23. The number of aromatic amines is 1. The number of fused-ring (bicyclic) bond motifs is 1. The van der Waals surface area contributed by atoms with E-state index in [9.17, 15) is 4.79 Å². The molecule has 0 unspecified atom stereocenters. The van der Waals surface area contributed by atoms with Crippen LogP contribution in [0, 0.1) is 6.92 Å². The number of hydrogen-bond donors (Lipinski definition) is 1. The van der Waals surface area contributed by atoms with Gasteiger partial charge in [-0.3, -0.25) is 9.78 Å². The number of aromatic nitrogens is 4. The Morgan fingerprint density at radius 3 is 2.50 bits per heavy atom. The molecule has 0 atom stereocenters. The zero-order valence-electron chi connectivity index (χ0n) is 16.7. The molecule has 0 bridgehead atoms. The van der Waals surface area contributed by atoms with Gasteiger partial charge in [0.1, 0.15) is 6.33 Å². The molecule has 0 radical (unpaired) electrons. The Bertz CT molecular complexity index is 1180. The number of H-pyrrole nitrogens is 1. The molecule has 5 rings (SSSR count). The molecule has 1 aliphatic heterocycles. The molecule has 0 saturated carbocycles. The van der Waals surface area contributed by atoms with Gasteiger partial charge in [-0.05, 0) is 42.3 Å². The van der Waals surface area contributed by atoms with Crippen molar-refractivity contribution in [2.75, 3.05) is 31.1 Å². The van der Waals surface area contributed by atoms with Crippen LogP contribution in [0.5, 0.6) is 0 Å². The number of anilines is 1. The van der Waals surface area contributed by atoms with Gasteiger partial charge in [-0.1, -0.05) is 30.3 Å². The van der Waals surface area contributed by atoms with Gasteiger partial charge in [0.05, 0.1) is 5.52 Å². The number of nitrogens with zero attached hydrogens (tertiary/aromatic N) is 5. The van der Waals surface area contributed by atoms with Crippen molar-refractivity contribution in [1.82, 2.24) is 25.1 Å². The molecule has 0 aliphatic carbocycles. The number of hydrogen-bond acceptors (Lipinski definition) is 5. The van der Waals surface area contributed by atoms with Gasteiger partial charge in [0, 0.05) is 42.8 Å². The van der Waals surface area contributed by atoms with Crippen molar-refractivity contribution >= 4 is 22.8 Å². The average molecular weight is 398 g/mol. The smallest absolute Gasteiger partial charge is 0.253 e. The first-order valence-electron chi connectivity index (χ1n) is 10.1. The number of aryl methyl sites for hydroxylation is 1. The first-order valence-corrected chi connectivity index (χ1v) is 10.1. The highest BCUT2D eigenvalue weighted by atomic mass is 16.2. The van der Waals surface area contributed by atoms with Gasteiger partial charge in [0.15, 0.2) is 0 Å². The van der Waals surface area contributed by atoms with Crippen LogP contribution in [0.4, 0.5) is 5.95 Å². The highest BCUT2D eigenvalue weighted by molar-refractivity contribution is 5.97. The van der Waals surface area contributed by atoms with Crippen LogP contribution in [-0.4, -0.2) is 57.2 Å². The maximum Gasteiger partial charge on any atom is 0.253 e. The molecule has 150 valence electrons. The second-order valence-electron chi connectivity index (χ2n) is 7.49. The molecule has 3 heterocycles. The first-order chi connectivity index (χ1) is 14.7. The Morgan fingerprint density at radius 2 is 1.77 bits per heavy atom. The number of amides is 1. The van der Waals surface area contributed by atoms with Crippen molar-refractivity contribution in [2.24, 2.45) is 0 Å². The zero-order chi connectivity index (χ0) is 20.5. The van der Waals surface area contributed by atoms with Crippen LogP contribution < -0.4 is 4.90 Å². The lowest BCUT2D eigenvalue weighted by Crippen LogP contribution is -2.49. The molecule has 1 amide bonds. The minimum absolute atomic E-state index is 0.0639. The third-order valence-electron chi connectivity index (χ3n) is 5.58. The Hall–Kier alpha value is -3.74. The SMILES string of the molecule is Cc1ccc2c(-c3ccc(C(=O)N4CCN(c5ncn[nH]5)CC4)cc3)cccc2n1. The molecule has 1 aliphatic rings. The summed E-state index contributed by atoms with van der Waals surface area (Å²) in [6.07, 6.45) is 1.50. The van der Waals surface area contributed by atoms with Crippen molar-refractivity contribution < 1.29 is 4.79 Å². The highest BCUT2D eigenvalue weighted by Crippen LogP contribution is 2.28. The van der Waals surface area contributed by atoms with Gasteiger partial charge in [0.2, 0.25) is 5.95 Å². The molecule has 1 fully saturated rings. The van der Waals surface area contributed by atoms with E-state index in [1.807, 2.05) is 54.3 Å². The molecular weight excluding hydrogens is 376 g/mol. The number of nitrogens with one attached hydrogen (secondary N) is 1. The van der Waals surface area contributed by atoms with E-state index < -0.39 is 0 Å². The molecule has 1 N–H and O–H groups in total. The van der Waals surface area contributed by atoms with E-state index in [1.54, 1.807) is 0 Å². The van der Waals surface area contributed by atoms with E-state index in [0.717, 1.165) is 46.8 Å². The summed E-state index contributed by atoms with van der Waals surface area (Å²) in [5.41, 5.74) is 4.90. The quantitative estimate of drug-likeness (QED) is 0.573. The lowest BCUT2D eigenvalue weighted by Gasteiger charge is -2.34. The lowest BCUT2D eigenvalue weighted by atomic mass is 9.99. The van der Waals surface area contributed by atoms with Crippen molar-refractivity contribution in [2.45, 2.75) is 6.92 Å². The fourth-order valence-electron chi connectivity index (χ4n) is 3.96. The van der Waals surface area contributed by atoms with Crippen molar-refractivity contribution in [3.8, 4) is 11.1 Å². The van der Waals surface area contributed by atoms with E-state index in [0.29, 0.717) is 18.7 Å². The molecule has 30 heavy (non-hydrogen) atoms. The fourth-order valence-corrected chi connectivity index (χ4v) is 3.96. The number of pyridine rings is 1. The van der Waals surface area contributed by atoms with Crippen LogP contribution in [0.25, 0.3) is 22.0 Å². The maximum absolute atomic E-state index is 13.0. The van der Waals surface area contributed by atoms with E-state index in [4.69, 9.17) is 0 Å². The molecule has 2 aromatic carbocycles. The van der Waals surface area contributed by atoms with Gasteiger partial charge in [-0.25, -0.2) is 5.10 Å². The largest absolute Gasteiger partial charge is 0.338 e. The maximum atomic E-state index is 13.0. The van der Waals surface area contributed by atoms with E-state index in [1.165, 1.54) is 6.33 Å². The number of carbonyl (C=O) groups excluding carboxylic acids is 1. The predicted octanol–water partition coefficient (Wildman–Crippen LogP) is 3.29. The van der Waals surface area contributed by atoms with Gasteiger partial charge in [-0.15, -0.1) is 0 Å². The summed E-state index contributed by atoms with van der Waals surface area (Å²) in [6, 6.07) is 18.2. The van der Waals surface area contributed by atoms with Crippen LogP contribution in [-0.2, 0) is 0 Å². The van der Waals surface area contributed by atoms with Gasteiger partial charge < -0.3 is 9.80 Å². The monoisotopic (exact) mass is 398 g/mol. The fraction of sp³-hybridized carbons (Fsp3) is 0.217. The Morgan fingerprint density at radius 1 is 0.967 bits per heavy atom. The second kappa shape index (κ2) is 7.59. The summed E-state index contributed by atoms with van der Waals surface area (Å²) in [5.74, 6) is 0.820. The number of rotatable bonds is 3. The Kier molecular flexibility index (Phi) is 4.63. The Labute approximate surface area is 174 Å². The normalized spacial score (nSPS) is 14.3. The van der Waals surface area contributed by atoms with Crippen LogP contribution in [0.15, 0.2) is 60.9 Å². The van der Waals surface area contributed by atoms with E-state index >= 15 is 0 Å². The van der Waals surface area contributed by atoms with E-state index in [-0.39, 0.29) is 5.91 Å². The standard InChI is InChI=1S/C23H22N6O/c1-16-5-10-20-19(3-2-4-21(20)26-16)17-6-8-18(9-7-17)22(30)28-11-13-29(14-12-28)23-24-15-25-27-23/h2-10,15H,11-14H2,1H3,(H,24,25,27). The van der Waals surface area contributed by atoms with Crippen LogP contribution >= 0.6 is 0 Å². The number of benzene rings is 2. The first kappa shape index (κ1) is 18.3. The number of piperazine rings is 1. The second-order valence-corrected chi connectivity index (χ2v) is 7.49. The third-order valence-corrected chi connectivity index (χ3v) is 5.58. The van der Waals surface area contributed by atoms with Crippen LogP contribution in [0.3, 0.4) is 0 Å². The molecule has 1 saturated heterocycles. The molecule has 0 spiro atoms. The van der Waals surface area contributed by atoms with Crippen LogP contribution in [0.1, 0.15) is 16.1 Å². The zero-order valence-corrected chi connectivity index (χ0v) is 16.7. The Balaban J connectivity index is 1.33. The molecule has 4 aromatic rings. The molecule has 7 nitrogen and oxygen atoms in total. The summed E-state index contributed by atoms with van der Waals surface area (Å²) in [6.45, 7) is 4.80. The summed E-state index contributed by atoms with van der Waals surface area (Å²) >= 11 is 0. The summed E-state index contributed by atoms with van der Waals surface area (Å²) in [5, 5.41) is 7.89. The van der Waals surface area contributed by atoms with Gasteiger partial charge >= 0.3 is 0 Å². The third kappa shape index (κ3) is 3.39. The minimum atomic E-state index is 0.0639. The molecule has 7 heteroatoms. The average Bonchev–Trinajstić information content (AvgIpc) is 3.33. The summed E-state index contributed by atoms with van der Waals surface area (Å²) in [7, 11) is 0. The lowest BCUT2D eigenvalue weighted by molar-refractivity contribution is 0.0746. The van der Waals surface area contributed by atoms with Crippen molar-refractivity contribution in [1.29, 1.82) is 0 Å². The summed E-state index contributed by atoms with van der Waals surface area (Å²) < 4.78 is 0. The minimum Gasteiger partial charge on any atom is -0.338 e. The van der Waals surface area contributed by atoms with Gasteiger partial charge in [-0.2, -0.15) is 10.1 Å². The topological polar surface area (TPSA) is 78.0 Å². The molecule has 2 aromatic heterocycles.